The molecule has 0 rings (SSSR count). The van der Waals surface area contributed by atoms with E-state index in [2.05, 4.69) is 19.2 Å². The van der Waals surface area contributed by atoms with Crippen molar-refractivity contribution >= 4 is 11.9 Å². The molecule has 27 heavy (non-hydrogen) atoms. The molecule has 1 N–H and O–H groups in total. The van der Waals surface area contributed by atoms with E-state index in [0.29, 0.717) is 12.8 Å². The molecule has 0 spiro atoms. The minimum Gasteiger partial charge on any atom is -0.462 e. The van der Waals surface area contributed by atoms with Crippen LogP contribution in [0.3, 0.4) is 0 Å². The molecule has 0 aliphatic rings. The van der Waals surface area contributed by atoms with Gasteiger partial charge < -0.3 is 14.8 Å². The van der Waals surface area contributed by atoms with Gasteiger partial charge in [-0.05, 0) is 66.0 Å². The molecule has 0 saturated carbocycles. The van der Waals surface area contributed by atoms with E-state index in [1.54, 1.807) is 0 Å². The smallest absolute Gasteiger partial charge is 0.306 e. The molecule has 5 heteroatoms. The zero-order valence-corrected chi connectivity index (χ0v) is 18.4. The van der Waals surface area contributed by atoms with E-state index < -0.39 is 5.60 Å². The van der Waals surface area contributed by atoms with E-state index >= 15 is 0 Å². The van der Waals surface area contributed by atoms with Gasteiger partial charge in [-0.2, -0.15) is 0 Å². The normalized spacial score (nSPS) is 12.6. The zero-order chi connectivity index (χ0) is 20.5. The van der Waals surface area contributed by atoms with Crippen LogP contribution in [-0.4, -0.2) is 36.7 Å². The molecule has 0 aromatic carbocycles. The van der Waals surface area contributed by atoms with Crippen molar-refractivity contribution in [3.8, 4) is 0 Å². The van der Waals surface area contributed by atoms with Crippen LogP contribution in [0.25, 0.3) is 0 Å². The summed E-state index contributed by atoms with van der Waals surface area (Å²) < 4.78 is 10.8. The zero-order valence-electron chi connectivity index (χ0n) is 18.4. The van der Waals surface area contributed by atoms with E-state index in [4.69, 9.17) is 9.47 Å². The maximum absolute atomic E-state index is 11.9. The molecular weight excluding hydrogens is 342 g/mol. The Morgan fingerprint density at radius 2 is 1.44 bits per heavy atom. The molecule has 0 heterocycles. The number of nitrogens with one attached hydrogen (secondary N) is 1. The lowest BCUT2D eigenvalue weighted by Gasteiger charge is -2.19. The van der Waals surface area contributed by atoms with E-state index in [9.17, 15) is 9.59 Å². The van der Waals surface area contributed by atoms with Gasteiger partial charge in [0.15, 0.2) is 0 Å². The predicted molar refractivity (Wildman–Crippen MR) is 111 cm³/mol. The first-order valence-electron chi connectivity index (χ1n) is 10.9. The molecule has 0 saturated heterocycles. The summed E-state index contributed by atoms with van der Waals surface area (Å²) in [6, 6.07) is 0. The molecule has 0 aromatic rings. The summed E-state index contributed by atoms with van der Waals surface area (Å²) in [4.78, 5) is 23.5. The number of unbranched alkanes of at least 4 members (excludes halogenated alkanes) is 4. The quantitative estimate of drug-likeness (QED) is 0.294. The minimum atomic E-state index is -0.420. The van der Waals surface area contributed by atoms with Crippen LogP contribution in [-0.2, 0) is 19.1 Å². The molecular formula is C22H43NO4. The molecule has 0 amide bonds. The fraction of sp³-hybridized carbons (Fsp3) is 0.909. The van der Waals surface area contributed by atoms with Crippen molar-refractivity contribution in [1.82, 2.24) is 5.32 Å². The summed E-state index contributed by atoms with van der Waals surface area (Å²) in [6.07, 6.45) is 10.5. The molecule has 0 aliphatic heterocycles. The summed E-state index contributed by atoms with van der Waals surface area (Å²) >= 11 is 0. The average Bonchev–Trinajstić information content (AvgIpc) is 2.58. The molecule has 1 unspecified atom stereocenters. The summed E-state index contributed by atoms with van der Waals surface area (Å²) in [5.41, 5.74) is -0.420. The van der Waals surface area contributed by atoms with Gasteiger partial charge in [0.2, 0.25) is 0 Å². The van der Waals surface area contributed by atoms with Gasteiger partial charge in [-0.25, -0.2) is 0 Å². The standard InChI is InChI=1S/C22H43NO4/c1-6-8-9-10-11-14-19(7-2)26-20(24)15-12-17-23-18-13-16-21(25)27-22(3,4)5/h19,23H,6-18H2,1-5H3. The summed E-state index contributed by atoms with van der Waals surface area (Å²) in [5.74, 6) is -0.251. The highest BCUT2D eigenvalue weighted by atomic mass is 16.6. The molecule has 0 aromatic heterocycles. The Bertz CT molecular complexity index is 390. The van der Waals surface area contributed by atoms with E-state index in [0.717, 1.165) is 45.2 Å². The van der Waals surface area contributed by atoms with Crippen molar-refractivity contribution in [1.29, 1.82) is 0 Å². The van der Waals surface area contributed by atoms with Crippen molar-refractivity contribution < 1.29 is 19.1 Å². The van der Waals surface area contributed by atoms with Crippen molar-refractivity contribution in [3.63, 3.8) is 0 Å². The summed E-state index contributed by atoms with van der Waals surface area (Å²) in [6.45, 7) is 11.4. The molecule has 1 atom stereocenters. The monoisotopic (exact) mass is 385 g/mol. The number of rotatable bonds is 16. The van der Waals surface area contributed by atoms with Crippen molar-refractivity contribution in [2.75, 3.05) is 13.1 Å². The highest BCUT2D eigenvalue weighted by Crippen LogP contribution is 2.13. The van der Waals surface area contributed by atoms with Crippen molar-refractivity contribution in [2.24, 2.45) is 0 Å². The Morgan fingerprint density at radius 3 is 2.00 bits per heavy atom. The third kappa shape index (κ3) is 18.0. The predicted octanol–water partition coefficient (Wildman–Crippen LogP) is 5.16. The second kappa shape index (κ2) is 15.9. The highest BCUT2D eigenvalue weighted by molar-refractivity contribution is 5.70. The van der Waals surface area contributed by atoms with Gasteiger partial charge in [0.1, 0.15) is 11.7 Å². The van der Waals surface area contributed by atoms with Gasteiger partial charge >= 0.3 is 11.9 Å². The topological polar surface area (TPSA) is 64.6 Å². The minimum absolute atomic E-state index is 0.0703. The van der Waals surface area contributed by atoms with Gasteiger partial charge in [-0.1, -0.05) is 39.5 Å². The third-order valence-corrected chi connectivity index (χ3v) is 4.27. The van der Waals surface area contributed by atoms with E-state index in [-0.39, 0.29) is 18.0 Å². The van der Waals surface area contributed by atoms with E-state index in [1.807, 2.05) is 20.8 Å². The number of hydrogen-bond acceptors (Lipinski definition) is 5. The highest BCUT2D eigenvalue weighted by Gasteiger charge is 2.15. The van der Waals surface area contributed by atoms with Crippen LogP contribution in [0.5, 0.6) is 0 Å². The Balaban J connectivity index is 3.62. The second-order valence-corrected chi connectivity index (χ2v) is 8.27. The Morgan fingerprint density at radius 1 is 0.852 bits per heavy atom. The number of carbonyl (C=O) groups excluding carboxylic acids is 2. The lowest BCUT2D eigenvalue weighted by molar-refractivity contribution is -0.155. The third-order valence-electron chi connectivity index (χ3n) is 4.27. The lowest BCUT2D eigenvalue weighted by Crippen LogP contribution is -2.25. The maximum Gasteiger partial charge on any atom is 0.306 e. The average molecular weight is 386 g/mol. The van der Waals surface area contributed by atoms with Crippen LogP contribution in [0.15, 0.2) is 0 Å². The largest absolute Gasteiger partial charge is 0.462 e. The van der Waals surface area contributed by atoms with Gasteiger partial charge in [0, 0.05) is 12.8 Å². The van der Waals surface area contributed by atoms with Crippen LogP contribution in [0, 0.1) is 0 Å². The number of esters is 2. The molecule has 0 bridgehead atoms. The van der Waals surface area contributed by atoms with Crippen LogP contribution in [0.1, 0.15) is 105 Å². The molecule has 0 aliphatic carbocycles. The molecule has 160 valence electrons. The first kappa shape index (κ1) is 25.9. The summed E-state index contributed by atoms with van der Waals surface area (Å²) in [5, 5.41) is 3.26. The fourth-order valence-corrected chi connectivity index (χ4v) is 2.80. The molecule has 0 radical (unpaired) electrons. The molecule has 0 fully saturated rings. The van der Waals surface area contributed by atoms with Gasteiger partial charge in [-0.15, -0.1) is 0 Å². The Hall–Kier alpha value is -1.10. The van der Waals surface area contributed by atoms with E-state index in [1.165, 1.54) is 25.7 Å². The van der Waals surface area contributed by atoms with Gasteiger partial charge in [-0.3, -0.25) is 9.59 Å². The first-order valence-corrected chi connectivity index (χ1v) is 10.9. The van der Waals surface area contributed by atoms with Crippen LogP contribution in [0.4, 0.5) is 0 Å². The fourth-order valence-electron chi connectivity index (χ4n) is 2.80. The first-order chi connectivity index (χ1) is 12.8. The van der Waals surface area contributed by atoms with Gasteiger partial charge in [0.05, 0.1) is 0 Å². The Labute approximate surface area is 167 Å². The number of ether oxygens (including phenoxy) is 2. The molecule has 5 nitrogen and oxygen atoms in total. The van der Waals surface area contributed by atoms with Crippen LogP contribution >= 0.6 is 0 Å². The van der Waals surface area contributed by atoms with Crippen molar-refractivity contribution in [3.05, 3.63) is 0 Å². The lowest BCUT2D eigenvalue weighted by atomic mass is 10.1. The van der Waals surface area contributed by atoms with Crippen LogP contribution in [0.2, 0.25) is 0 Å². The Kier molecular flexibility index (Phi) is 15.3. The SMILES string of the molecule is CCCCCCCC(CC)OC(=O)CCCNCCCC(=O)OC(C)(C)C. The second-order valence-electron chi connectivity index (χ2n) is 8.27. The number of hydrogen-bond donors (Lipinski definition) is 1. The van der Waals surface area contributed by atoms with Crippen molar-refractivity contribution in [2.45, 2.75) is 117 Å². The maximum atomic E-state index is 11.9. The number of carbonyl (C=O) groups is 2. The summed E-state index contributed by atoms with van der Waals surface area (Å²) in [7, 11) is 0. The van der Waals surface area contributed by atoms with Gasteiger partial charge in [0.25, 0.3) is 0 Å². The van der Waals surface area contributed by atoms with Crippen LogP contribution < -0.4 is 5.32 Å².